The maximum Gasteiger partial charge on any atom is 0.241 e. The highest BCUT2D eigenvalue weighted by molar-refractivity contribution is 6.30. The molecule has 0 saturated carbocycles. The highest BCUT2D eigenvalue weighted by atomic mass is 35.5. The van der Waals surface area contributed by atoms with Crippen molar-refractivity contribution < 1.29 is 4.52 Å². The summed E-state index contributed by atoms with van der Waals surface area (Å²) >= 11 is 6.04. The van der Waals surface area contributed by atoms with Crippen LogP contribution in [0.25, 0.3) is 11.4 Å². The molecule has 2 aromatic carbocycles. The average molecular weight is 383 g/mol. The van der Waals surface area contributed by atoms with Crippen molar-refractivity contribution in [3.63, 3.8) is 0 Å². The molecule has 0 spiro atoms. The normalized spacial score (nSPS) is 15.9. The Bertz CT molecular complexity index is 902. The fourth-order valence-electron chi connectivity index (χ4n) is 3.43. The van der Waals surface area contributed by atoms with Gasteiger partial charge < -0.3 is 4.52 Å². The van der Waals surface area contributed by atoms with Crippen LogP contribution in [0.4, 0.5) is 0 Å². The van der Waals surface area contributed by atoms with E-state index in [4.69, 9.17) is 16.1 Å². The number of nitrogens with zero attached hydrogens (tertiary/aromatic N) is 4. The van der Waals surface area contributed by atoms with Crippen LogP contribution in [0.5, 0.6) is 0 Å². The molecule has 0 atom stereocenters. The second-order valence-electron chi connectivity index (χ2n) is 7.06. The summed E-state index contributed by atoms with van der Waals surface area (Å²) in [5, 5.41) is 4.76. The van der Waals surface area contributed by atoms with Gasteiger partial charge in [0, 0.05) is 43.3 Å². The summed E-state index contributed by atoms with van der Waals surface area (Å²) in [5.41, 5.74) is 3.57. The topological polar surface area (TPSA) is 45.4 Å². The van der Waals surface area contributed by atoms with Crippen molar-refractivity contribution in [2.24, 2.45) is 0 Å². The Morgan fingerprint density at radius 3 is 2.44 bits per heavy atom. The van der Waals surface area contributed by atoms with Gasteiger partial charge in [-0.25, -0.2) is 0 Å². The van der Waals surface area contributed by atoms with Crippen LogP contribution in [0.15, 0.2) is 53.1 Å². The van der Waals surface area contributed by atoms with E-state index in [2.05, 4.69) is 51.1 Å². The number of rotatable bonds is 5. The molecule has 0 amide bonds. The van der Waals surface area contributed by atoms with Crippen molar-refractivity contribution >= 4 is 11.6 Å². The minimum Gasteiger partial charge on any atom is -0.338 e. The molecule has 1 aliphatic heterocycles. The lowest BCUT2D eigenvalue weighted by atomic mass is 10.1. The quantitative estimate of drug-likeness (QED) is 0.667. The molecule has 140 valence electrons. The molecular weight excluding hydrogens is 360 g/mol. The Kier molecular flexibility index (Phi) is 5.53. The third kappa shape index (κ3) is 4.75. The lowest BCUT2D eigenvalue weighted by molar-refractivity contribution is 0.112. The van der Waals surface area contributed by atoms with E-state index in [1.54, 1.807) is 0 Å². The van der Waals surface area contributed by atoms with E-state index in [1.807, 2.05) is 24.3 Å². The van der Waals surface area contributed by atoms with Gasteiger partial charge in [-0.3, -0.25) is 9.80 Å². The van der Waals surface area contributed by atoms with E-state index in [0.717, 1.165) is 38.3 Å². The Balaban J connectivity index is 1.31. The molecule has 6 heteroatoms. The SMILES string of the molecule is Cc1cccc(CN2CCN(Cc3nc(-c4cccc(Cl)c4)no3)CC2)c1. The molecular formula is C21H23ClN4O. The number of aromatic nitrogens is 2. The molecule has 3 aromatic rings. The zero-order valence-corrected chi connectivity index (χ0v) is 16.2. The molecule has 27 heavy (non-hydrogen) atoms. The van der Waals surface area contributed by atoms with Gasteiger partial charge in [-0.1, -0.05) is 58.7 Å². The molecule has 0 N–H and O–H groups in total. The van der Waals surface area contributed by atoms with E-state index >= 15 is 0 Å². The third-order valence-electron chi connectivity index (χ3n) is 4.86. The maximum absolute atomic E-state index is 6.04. The summed E-state index contributed by atoms with van der Waals surface area (Å²) in [5.74, 6) is 1.24. The van der Waals surface area contributed by atoms with E-state index < -0.39 is 0 Å². The Labute approximate surface area is 164 Å². The predicted octanol–water partition coefficient (Wildman–Crippen LogP) is 4.02. The summed E-state index contributed by atoms with van der Waals surface area (Å²) in [6.45, 7) is 7.93. The second-order valence-corrected chi connectivity index (χ2v) is 7.50. The first-order chi connectivity index (χ1) is 13.2. The number of aryl methyl sites for hydroxylation is 1. The third-order valence-corrected chi connectivity index (χ3v) is 5.10. The largest absolute Gasteiger partial charge is 0.338 e. The van der Waals surface area contributed by atoms with E-state index in [1.165, 1.54) is 11.1 Å². The van der Waals surface area contributed by atoms with Crippen molar-refractivity contribution in [2.45, 2.75) is 20.0 Å². The molecule has 1 saturated heterocycles. The van der Waals surface area contributed by atoms with Crippen LogP contribution >= 0.6 is 11.6 Å². The number of piperazine rings is 1. The van der Waals surface area contributed by atoms with Crippen LogP contribution in [-0.4, -0.2) is 46.1 Å². The van der Waals surface area contributed by atoms with Crippen molar-refractivity contribution in [2.75, 3.05) is 26.2 Å². The van der Waals surface area contributed by atoms with Crippen LogP contribution in [0, 0.1) is 6.92 Å². The van der Waals surface area contributed by atoms with Crippen LogP contribution in [-0.2, 0) is 13.1 Å². The molecule has 2 heterocycles. The van der Waals surface area contributed by atoms with Gasteiger partial charge in [0.15, 0.2) is 0 Å². The molecule has 0 bridgehead atoms. The summed E-state index contributed by atoms with van der Waals surface area (Å²) in [6, 6.07) is 16.3. The Morgan fingerprint density at radius 2 is 1.70 bits per heavy atom. The lowest BCUT2D eigenvalue weighted by Crippen LogP contribution is -2.45. The van der Waals surface area contributed by atoms with E-state index in [-0.39, 0.29) is 0 Å². The first-order valence-electron chi connectivity index (χ1n) is 9.24. The molecule has 0 radical (unpaired) electrons. The fraction of sp³-hybridized carbons (Fsp3) is 0.333. The van der Waals surface area contributed by atoms with Gasteiger partial charge in [0.2, 0.25) is 11.7 Å². The van der Waals surface area contributed by atoms with Crippen molar-refractivity contribution in [3.05, 3.63) is 70.6 Å². The van der Waals surface area contributed by atoms with E-state index in [9.17, 15) is 0 Å². The summed E-state index contributed by atoms with van der Waals surface area (Å²) in [6.07, 6.45) is 0. The van der Waals surface area contributed by atoms with Crippen molar-refractivity contribution in [1.29, 1.82) is 0 Å². The van der Waals surface area contributed by atoms with Gasteiger partial charge in [0.05, 0.1) is 6.54 Å². The summed E-state index contributed by atoms with van der Waals surface area (Å²) < 4.78 is 5.44. The van der Waals surface area contributed by atoms with Gasteiger partial charge in [-0.15, -0.1) is 0 Å². The molecule has 4 rings (SSSR count). The Morgan fingerprint density at radius 1 is 0.963 bits per heavy atom. The van der Waals surface area contributed by atoms with Gasteiger partial charge in [0.25, 0.3) is 0 Å². The van der Waals surface area contributed by atoms with Crippen LogP contribution in [0.3, 0.4) is 0 Å². The molecule has 1 aromatic heterocycles. The van der Waals surface area contributed by atoms with Gasteiger partial charge in [0.1, 0.15) is 0 Å². The minimum atomic E-state index is 0.589. The molecule has 5 nitrogen and oxygen atoms in total. The summed E-state index contributed by atoms with van der Waals surface area (Å²) in [4.78, 5) is 9.38. The minimum absolute atomic E-state index is 0.589. The zero-order valence-electron chi connectivity index (χ0n) is 15.4. The first kappa shape index (κ1) is 18.2. The van der Waals surface area contributed by atoms with Crippen molar-refractivity contribution in [3.8, 4) is 11.4 Å². The van der Waals surface area contributed by atoms with Crippen molar-refractivity contribution in [1.82, 2.24) is 19.9 Å². The molecule has 0 unspecified atom stereocenters. The molecule has 1 aliphatic rings. The molecule has 1 fully saturated rings. The maximum atomic E-state index is 6.04. The second kappa shape index (κ2) is 8.21. The zero-order chi connectivity index (χ0) is 18.6. The first-order valence-corrected chi connectivity index (χ1v) is 9.62. The van der Waals surface area contributed by atoms with Gasteiger partial charge in [-0.2, -0.15) is 4.98 Å². The predicted molar refractivity (Wildman–Crippen MR) is 106 cm³/mol. The van der Waals surface area contributed by atoms with Gasteiger partial charge in [-0.05, 0) is 24.6 Å². The Hall–Kier alpha value is -2.21. The molecule has 0 aliphatic carbocycles. The van der Waals surface area contributed by atoms with Gasteiger partial charge >= 0.3 is 0 Å². The monoisotopic (exact) mass is 382 g/mol. The number of halogens is 1. The number of hydrogen-bond donors (Lipinski definition) is 0. The highest BCUT2D eigenvalue weighted by Gasteiger charge is 2.19. The van der Waals surface area contributed by atoms with Crippen LogP contribution in [0.2, 0.25) is 5.02 Å². The summed E-state index contributed by atoms with van der Waals surface area (Å²) in [7, 11) is 0. The lowest BCUT2D eigenvalue weighted by Gasteiger charge is -2.33. The fourth-order valence-corrected chi connectivity index (χ4v) is 3.62. The smallest absolute Gasteiger partial charge is 0.241 e. The van der Waals surface area contributed by atoms with E-state index in [0.29, 0.717) is 23.3 Å². The number of hydrogen-bond acceptors (Lipinski definition) is 5. The van der Waals surface area contributed by atoms with Crippen LogP contribution in [0.1, 0.15) is 17.0 Å². The average Bonchev–Trinajstić information content (AvgIpc) is 3.12. The highest BCUT2D eigenvalue weighted by Crippen LogP contribution is 2.20. The standard InChI is InChI=1S/C21H23ClN4O/c1-16-4-2-5-17(12-16)14-25-8-10-26(11-9-25)15-20-23-21(24-27-20)18-6-3-7-19(22)13-18/h2-7,12-13H,8-11,14-15H2,1H3. The van der Waals surface area contributed by atoms with Crippen LogP contribution < -0.4 is 0 Å². The number of benzene rings is 2.